The Labute approximate surface area is 162 Å². The summed E-state index contributed by atoms with van der Waals surface area (Å²) in [6.45, 7) is 5.63. The van der Waals surface area contributed by atoms with E-state index in [2.05, 4.69) is 0 Å². The van der Waals surface area contributed by atoms with Gasteiger partial charge in [0.15, 0.2) is 0 Å². The summed E-state index contributed by atoms with van der Waals surface area (Å²) in [5, 5.41) is 0. The van der Waals surface area contributed by atoms with Crippen molar-refractivity contribution in [2.75, 3.05) is 39.6 Å². The predicted octanol–water partition coefficient (Wildman–Crippen LogP) is 2.86. The van der Waals surface area contributed by atoms with E-state index in [1.807, 2.05) is 13.8 Å². The highest BCUT2D eigenvalue weighted by Gasteiger charge is 2.14. The van der Waals surface area contributed by atoms with E-state index in [0.29, 0.717) is 39.3 Å². The van der Waals surface area contributed by atoms with Crippen LogP contribution in [0.3, 0.4) is 0 Å². The Hall–Kier alpha value is -1.48. The molecule has 7 nitrogen and oxygen atoms in total. The van der Waals surface area contributed by atoms with Gasteiger partial charge in [-0.2, -0.15) is 8.42 Å². The molecule has 27 heavy (non-hydrogen) atoms. The van der Waals surface area contributed by atoms with E-state index in [4.69, 9.17) is 18.4 Å². The molecule has 0 heterocycles. The second-order valence-corrected chi connectivity index (χ2v) is 7.65. The van der Waals surface area contributed by atoms with Gasteiger partial charge in [0.1, 0.15) is 6.61 Å². The minimum absolute atomic E-state index is 0.0472. The summed E-state index contributed by atoms with van der Waals surface area (Å²) >= 11 is 0. The van der Waals surface area contributed by atoms with E-state index in [9.17, 15) is 13.2 Å². The molecule has 0 aliphatic carbocycles. The van der Waals surface area contributed by atoms with Crippen molar-refractivity contribution in [3.8, 4) is 0 Å². The molecular weight excluding hydrogens is 372 g/mol. The Morgan fingerprint density at radius 3 is 2.19 bits per heavy atom. The van der Waals surface area contributed by atoms with Crippen molar-refractivity contribution in [1.29, 1.82) is 0 Å². The van der Waals surface area contributed by atoms with Crippen LogP contribution in [0.15, 0.2) is 29.2 Å². The summed E-state index contributed by atoms with van der Waals surface area (Å²) < 4.78 is 44.5. The number of benzene rings is 1. The predicted molar refractivity (Wildman–Crippen MR) is 101 cm³/mol. The Morgan fingerprint density at radius 1 is 0.889 bits per heavy atom. The molecule has 0 aromatic heterocycles. The number of hydrogen-bond acceptors (Lipinski definition) is 7. The van der Waals surface area contributed by atoms with Crippen LogP contribution in [0.25, 0.3) is 0 Å². The van der Waals surface area contributed by atoms with Crippen LogP contribution >= 0.6 is 0 Å². The largest absolute Gasteiger partial charge is 0.464 e. The van der Waals surface area contributed by atoms with Crippen molar-refractivity contribution in [1.82, 2.24) is 0 Å². The lowest BCUT2D eigenvalue weighted by atomic mass is 10.2. The first-order valence-electron chi connectivity index (χ1n) is 9.23. The van der Waals surface area contributed by atoms with Gasteiger partial charge >= 0.3 is 5.97 Å². The minimum atomic E-state index is -3.72. The van der Waals surface area contributed by atoms with E-state index in [1.165, 1.54) is 12.1 Å². The zero-order valence-corrected chi connectivity index (χ0v) is 17.0. The molecule has 0 saturated carbocycles. The van der Waals surface area contributed by atoms with Crippen molar-refractivity contribution in [2.45, 2.75) is 44.4 Å². The van der Waals surface area contributed by atoms with E-state index < -0.39 is 10.1 Å². The fraction of sp³-hybridized carbons (Fsp3) is 0.632. The molecule has 8 heteroatoms. The number of carbonyl (C=O) groups is 1. The molecule has 154 valence electrons. The van der Waals surface area contributed by atoms with E-state index in [1.54, 1.807) is 12.1 Å². The summed E-state index contributed by atoms with van der Waals surface area (Å²) in [6.07, 6.45) is 2.95. The molecule has 1 aromatic carbocycles. The van der Waals surface area contributed by atoms with Crippen LogP contribution in [0.4, 0.5) is 0 Å². The maximum Gasteiger partial charge on any atom is 0.332 e. The lowest BCUT2D eigenvalue weighted by Crippen LogP contribution is -2.14. The smallest absolute Gasteiger partial charge is 0.332 e. The molecule has 0 unspecified atom stereocenters. The van der Waals surface area contributed by atoms with Gasteiger partial charge in [0.25, 0.3) is 10.1 Å². The third kappa shape index (κ3) is 11.1. The summed E-state index contributed by atoms with van der Waals surface area (Å²) in [5.74, 6) is -0.351. The summed E-state index contributed by atoms with van der Waals surface area (Å²) in [6, 6.07) is 6.51. The molecule has 0 fully saturated rings. The van der Waals surface area contributed by atoms with Gasteiger partial charge in [0, 0.05) is 19.8 Å². The Kier molecular flexibility index (Phi) is 11.9. The first-order chi connectivity index (χ1) is 13.0. The highest BCUT2D eigenvalue weighted by molar-refractivity contribution is 7.86. The molecule has 1 aromatic rings. The molecule has 0 N–H and O–H groups in total. The molecule has 0 amide bonds. The van der Waals surface area contributed by atoms with Crippen LogP contribution < -0.4 is 0 Å². The van der Waals surface area contributed by atoms with Crippen molar-refractivity contribution >= 4 is 16.1 Å². The van der Waals surface area contributed by atoms with Crippen molar-refractivity contribution < 1.29 is 31.6 Å². The normalized spacial score (nSPS) is 11.5. The molecule has 0 saturated heterocycles. The van der Waals surface area contributed by atoms with Crippen LogP contribution in [-0.2, 0) is 33.3 Å². The quantitative estimate of drug-likeness (QED) is 0.253. The van der Waals surface area contributed by atoms with Crippen molar-refractivity contribution in [3.63, 3.8) is 0 Å². The monoisotopic (exact) mass is 402 g/mol. The average Bonchev–Trinajstić information content (AvgIpc) is 2.64. The van der Waals surface area contributed by atoms with Gasteiger partial charge in [-0.25, -0.2) is 4.79 Å². The standard InChI is InChI=1S/C19H30O7S/c1-3-4-14-25-19(20)16-24-13-5-11-23-12-6-15-26-27(21,22)18-9-7-17(2)8-10-18/h7-10H,3-6,11-16H2,1-2H3. The Balaban J connectivity index is 1.98. The molecule has 0 bridgehead atoms. The number of ether oxygens (including phenoxy) is 3. The summed E-state index contributed by atoms with van der Waals surface area (Å²) in [5.41, 5.74) is 0.986. The van der Waals surface area contributed by atoms with Crippen LogP contribution in [-0.4, -0.2) is 54.0 Å². The summed E-state index contributed by atoms with van der Waals surface area (Å²) in [7, 11) is -3.72. The molecular formula is C19H30O7S. The number of hydrogen-bond donors (Lipinski definition) is 0. The van der Waals surface area contributed by atoms with Crippen LogP contribution in [0.2, 0.25) is 0 Å². The van der Waals surface area contributed by atoms with Gasteiger partial charge in [-0.05, 0) is 38.3 Å². The van der Waals surface area contributed by atoms with Crippen LogP contribution in [0, 0.1) is 6.92 Å². The third-order valence-electron chi connectivity index (χ3n) is 3.54. The van der Waals surface area contributed by atoms with E-state index >= 15 is 0 Å². The van der Waals surface area contributed by atoms with Gasteiger partial charge in [0.2, 0.25) is 0 Å². The molecule has 0 aliphatic heterocycles. The number of carbonyl (C=O) groups excluding carboxylic acids is 1. The van der Waals surface area contributed by atoms with E-state index in [-0.39, 0.29) is 24.1 Å². The third-order valence-corrected chi connectivity index (χ3v) is 4.87. The maximum absolute atomic E-state index is 12.0. The topological polar surface area (TPSA) is 88.1 Å². The first kappa shape index (κ1) is 23.6. The number of unbranched alkanes of at least 4 members (excludes halogenated alkanes) is 1. The molecule has 0 atom stereocenters. The number of rotatable bonds is 15. The van der Waals surface area contributed by atoms with Crippen LogP contribution in [0.1, 0.15) is 38.2 Å². The zero-order chi connectivity index (χ0) is 20.0. The van der Waals surface area contributed by atoms with Crippen molar-refractivity contribution in [2.24, 2.45) is 0 Å². The first-order valence-corrected chi connectivity index (χ1v) is 10.6. The highest BCUT2D eigenvalue weighted by atomic mass is 32.2. The summed E-state index contributed by atoms with van der Waals surface area (Å²) in [4.78, 5) is 11.4. The number of esters is 1. The van der Waals surface area contributed by atoms with Crippen molar-refractivity contribution in [3.05, 3.63) is 29.8 Å². The molecule has 0 spiro atoms. The second kappa shape index (κ2) is 13.7. The zero-order valence-electron chi connectivity index (χ0n) is 16.1. The number of aryl methyl sites for hydroxylation is 1. The molecule has 1 rings (SSSR count). The molecule has 0 aliphatic rings. The Bertz CT molecular complexity index is 626. The Morgan fingerprint density at radius 2 is 1.52 bits per heavy atom. The van der Waals surface area contributed by atoms with Crippen LogP contribution in [0.5, 0.6) is 0 Å². The minimum Gasteiger partial charge on any atom is -0.464 e. The van der Waals surface area contributed by atoms with Gasteiger partial charge in [-0.1, -0.05) is 31.0 Å². The second-order valence-electron chi connectivity index (χ2n) is 6.04. The highest BCUT2D eigenvalue weighted by Crippen LogP contribution is 2.13. The van der Waals surface area contributed by atoms with Gasteiger partial charge < -0.3 is 14.2 Å². The van der Waals surface area contributed by atoms with Gasteiger partial charge in [0.05, 0.1) is 18.1 Å². The SMILES string of the molecule is CCCCOC(=O)COCCCOCCCOS(=O)(=O)c1ccc(C)cc1. The fourth-order valence-corrected chi connectivity index (χ4v) is 2.94. The van der Waals surface area contributed by atoms with Gasteiger partial charge in [-0.3, -0.25) is 4.18 Å². The average molecular weight is 403 g/mol. The lowest BCUT2D eigenvalue weighted by Gasteiger charge is -2.07. The van der Waals surface area contributed by atoms with E-state index in [0.717, 1.165) is 18.4 Å². The lowest BCUT2D eigenvalue weighted by molar-refractivity contribution is -0.149. The molecule has 0 radical (unpaired) electrons. The van der Waals surface area contributed by atoms with Gasteiger partial charge in [-0.15, -0.1) is 0 Å². The maximum atomic E-state index is 12.0. The fourth-order valence-electron chi connectivity index (χ4n) is 2.00.